The van der Waals surface area contributed by atoms with E-state index in [1.54, 1.807) is 36.4 Å². The van der Waals surface area contributed by atoms with Gasteiger partial charge in [0, 0.05) is 22.8 Å². The third-order valence-electron chi connectivity index (χ3n) is 4.12. The number of aromatic amines is 1. The van der Waals surface area contributed by atoms with Crippen molar-refractivity contribution < 1.29 is 9.90 Å². The minimum absolute atomic E-state index is 0.279. The molecule has 0 fully saturated rings. The van der Waals surface area contributed by atoms with Gasteiger partial charge in [0.05, 0.1) is 11.1 Å². The summed E-state index contributed by atoms with van der Waals surface area (Å²) in [6.07, 6.45) is -1.16. The van der Waals surface area contributed by atoms with Crippen LogP contribution < -0.4 is 16.2 Å². The van der Waals surface area contributed by atoms with E-state index in [2.05, 4.69) is 25.9 Å². The van der Waals surface area contributed by atoms with Crippen molar-refractivity contribution in [1.29, 1.82) is 0 Å². The fourth-order valence-electron chi connectivity index (χ4n) is 2.87. The van der Waals surface area contributed by atoms with Crippen LogP contribution in [0.1, 0.15) is 5.69 Å². The van der Waals surface area contributed by atoms with Crippen molar-refractivity contribution in [3.8, 4) is 5.69 Å². The maximum atomic E-state index is 12.9. The lowest BCUT2D eigenvalue weighted by Gasteiger charge is -2.12. The molecule has 0 aliphatic rings. The first-order valence-corrected chi connectivity index (χ1v) is 8.43. The predicted octanol–water partition coefficient (Wildman–Crippen LogP) is 3.25. The zero-order chi connectivity index (χ0) is 19.7. The summed E-state index contributed by atoms with van der Waals surface area (Å²) in [4.78, 5) is 23.7. The van der Waals surface area contributed by atoms with Crippen molar-refractivity contribution in [2.45, 2.75) is 6.92 Å². The summed E-state index contributed by atoms with van der Waals surface area (Å²) < 4.78 is 1.27. The Morgan fingerprint density at radius 3 is 2.46 bits per heavy atom. The number of hydrogen-bond donors (Lipinski definition) is 4. The minimum atomic E-state index is -1.16. The molecule has 28 heavy (non-hydrogen) atoms. The number of anilines is 3. The second-order valence-corrected chi connectivity index (χ2v) is 6.15. The Kier molecular flexibility index (Phi) is 4.24. The zero-order valence-corrected chi connectivity index (χ0v) is 14.8. The molecule has 2 heterocycles. The summed E-state index contributed by atoms with van der Waals surface area (Å²) in [6, 6.07) is 15.4. The molecule has 0 spiro atoms. The van der Waals surface area contributed by atoms with Crippen LogP contribution in [-0.2, 0) is 0 Å². The zero-order valence-electron chi connectivity index (χ0n) is 14.8. The lowest BCUT2D eigenvalue weighted by atomic mass is 10.2. The van der Waals surface area contributed by atoms with Crippen LogP contribution >= 0.6 is 0 Å². The van der Waals surface area contributed by atoms with Crippen molar-refractivity contribution >= 4 is 34.2 Å². The van der Waals surface area contributed by atoms with Gasteiger partial charge in [0.1, 0.15) is 0 Å². The number of nitrogens with one attached hydrogen (secondary N) is 3. The Bertz CT molecular complexity index is 1230. The number of carbonyl (C=O) groups is 1. The molecule has 1 amide bonds. The van der Waals surface area contributed by atoms with E-state index in [0.29, 0.717) is 33.8 Å². The summed E-state index contributed by atoms with van der Waals surface area (Å²) in [5, 5.41) is 26.8. The Morgan fingerprint density at radius 1 is 1.11 bits per heavy atom. The number of carboxylic acid groups (broad SMARTS) is 1. The number of aromatic nitrogens is 4. The summed E-state index contributed by atoms with van der Waals surface area (Å²) in [6.45, 7) is 1.89. The van der Waals surface area contributed by atoms with Crippen LogP contribution in [0.2, 0.25) is 0 Å². The second kappa shape index (κ2) is 6.88. The fourth-order valence-corrected chi connectivity index (χ4v) is 2.87. The molecule has 140 valence electrons. The van der Waals surface area contributed by atoms with E-state index in [4.69, 9.17) is 5.11 Å². The van der Waals surface area contributed by atoms with Gasteiger partial charge in [-0.15, -0.1) is 5.10 Å². The number of benzene rings is 2. The summed E-state index contributed by atoms with van der Waals surface area (Å²) in [5.74, 6) is 1.07. The number of fused-ring (bicyclic) bond motifs is 1. The number of hydrogen-bond acceptors (Lipinski definition) is 5. The molecular formula is C19H16N6O3. The number of H-pyrrole nitrogens is 1. The molecule has 9 heteroatoms. The molecule has 9 nitrogen and oxygen atoms in total. The van der Waals surface area contributed by atoms with Crippen LogP contribution in [0.15, 0.2) is 59.4 Å². The lowest BCUT2D eigenvalue weighted by Crippen LogP contribution is -2.22. The molecule has 0 saturated heterocycles. The average molecular weight is 376 g/mol. The van der Waals surface area contributed by atoms with E-state index in [1.165, 1.54) is 4.68 Å². The van der Waals surface area contributed by atoms with Gasteiger partial charge in [0.15, 0.2) is 11.6 Å². The monoisotopic (exact) mass is 376 g/mol. The largest absolute Gasteiger partial charge is 0.465 e. The van der Waals surface area contributed by atoms with Crippen LogP contribution in [0.4, 0.5) is 22.1 Å². The van der Waals surface area contributed by atoms with Gasteiger partial charge in [-0.25, -0.2) is 4.79 Å². The van der Waals surface area contributed by atoms with Crippen LogP contribution in [0, 0.1) is 6.92 Å². The van der Waals surface area contributed by atoms with E-state index in [-0.39, 0.29) is 5.56 Å². The summed E-state index contributed by atoms with van der Waals surface area (Å²) in [7, 11) is 0. The van der Waals surface area contributed by atoms with Gasteiger partial charge in [0.25, 0.3) is 5.56 Å². The number of amides is 1. The van der Waals surface area contributed by atoms with Crippen LogP contribution in [0.5, 0.6) is 0 Å². The maximum Gasteiger partial charge on any atom is 0.409 e. The predicted molar refractivity (Wildman–Crippen MR) is 106 cm³/mol. The van der Waals surface area contributed by atoms with Crippen molar-refractivity contribution in [3.63, 3.8) is 0 Å². The third kappa shape index (κ3) is 3.28. The van der Waals surface area contributed by atoms with Crippen molar-refractivity contribution in [1.82, 2.24) is 20.0 Å². The van der Waals surface area contributed by atoms with Gasteiger partial charge in [-0.05, 0) is 37.3 Å². The van der Waals surface area contributed by atoms with Gasteiger partial charge < -0.3 is 10.4 Å². The first-order valence-electron chi connectivity index (χ1n) is 8.43. The topological polar surface area (TPSA) is 125 Å². The molecule has 4 rings (SSSR count). The van der Waals surface area contributed by atoms with Crippen molar-refractivity contribution in [2.75, 3.05) is 10.6 Å². The highest BCUT2D eigenvalue weighted by molar-refractivity contribution is 5.92. The van der Waals surface area contributed by atoms with E-state index >= 15 is 0 Å². The van der Waals surface area contributed by atoms with Crippen molar-refractivity contribution in [3.05, 3.63) is 70.6 Å². The quantitative estimate of drug-likeness (QED) is 0.433. The Labute approximate surface area is 158 Å². The molecule has 4 aromatic rings. The lowest BCUT2D eigenvalue weighted by molar-refractivity contribution is 0.210. The molecule has 4 N–H and O–H groups in total. The molecule has 0 bridgehead atoms. The number of aryl methyl sites for hydroxylation is 1. The smallest absolute Gasteiger partial charge is 0.409 e. The van der Waals surface area contributed by atoms with E-state index in [9.17, 15) is 9.59 Å². The number of nitrogens with zero attached hydrogens (tertiary/aromatic N) is 3. The molecule has 2 aromatic heterocycles. The molecule has 0 aliphatic heterocycles. The molecule has 2 aromatic carbocycles. The van der Waals surface area contributed by atoms with Crippen LogP contribution in [0.3, 0.4) is 0 Å². The first kappa shape index (κ1) is 17.3. The highest BCUT2D eigenvalue weighted by atomic mass is 16.4. The van der Waals surface area contributed by atoms with E-state index in [1.807, 2.05) is 25.1 Å². The average Bonchev–Trinajstić information content (AvgIpc) is 3.09. The molecule has 0 atom stereocenters. The van der Waals surface area contributed by atoms with Crippen LogP contribution in [-0.4, -0.2) is 31.2 Å². The third-order valence-corrected chi connectivity index (χ3v) is 4.12. The summed E-state index contributed by atoms with van der Waals surface area (Å²) in [5.41, 5.74) is 1.52. The fraction of sp³-hybridized carbons (Fsp3) is 0.0526. The Morgan fingerprint density at radius 2 is 1.82 bits per heavy atom. The highest BCUT2D eigenvalue weighted by Crippen LogP contribution is 2.22. The Balaban J connectivity index is 1.83. The Hall–Kier alpha value is -4.14. The summed E-state index contributed by atoms with van der Waals surface area (Å²) >= 11 is 0. The standard InChI is InChI=1S/C19H16N6O3/c1-11-10-16(23-22-11)21-17-14-4-2-3-5-15(14)18(26)25(24-17)13-8-6-12(7-9-13)20-19(27)28/h2-10,20H,1H3,(H,27,28)(H2,21,22,23,24). The SMILES string of the molecule is Cc1cc(Nc2nn(-c3ccc(NC(=O)O)cc3)c(=O)c3ccccc23)n[nH]1. The van der Waals surface area contributed by atoms with E-state index in [0.717, 1.165) is 5.69 Å². The van der Waals surface area contributed by atoms with Crippen LogP contribution in [0.25, 0.3) is 16.5 Å². The van der Waals surface area contributed by atoms with Crippen molar-refractivity contribution in [2.24, 2.45) is 0 Å². The van der Waals surface area contributed by atoms with Gasteiger partial charge in [-0.3, -0.25) is 15.2 Å². The van der Waals surface area contributed by atoms with Gasteiger partial charge in [0.2, 0.25) is 0 Å². The molecule has 0 aliphatic carbocycles. The normalized spacial score (nSPS) is 10.8. The maximum absolute atomic E-state index is 12.9. The molecule has 0 saturated carbocycles. The second-order valence-electron chi connectivity index (χ2n) is 6.15. The molecule has 0 unspecified atom stereocenters. The molecule has 0 radical (unpaired) electrons. The van der Waals surface area contributed by atoms with E-state index < -0.39 is 6.09 Å². The van der Waals surface area contributed by atoms with Gasteiger partial charge in [-0.1, -0.05) is 18.2 Å². The van der Waals surface area contributed by atoms with Gasteiger partial charge >= 0.3 is 6.09 Å². The number of rotatable bonds is 4. The van der Waals surface area contributed by atoms with Gasteiger partial charge in [-0.2, -0.15) is 9.78 Å². The first-order chi connectivity index (χ1) is 13.5. The minimum Gasteiger partial charge on any atom is -0.465 e. The molecular weight excluding hydrogens is 360 g/mol. The highest BCUT2D eigenvalue weighted by Gasteiger charge is 2.13.